The lowest BCUT2D eigenvalue weighted by Crippen LogP contribution is -2.14. The lowest BCUT2D eigenvalue weighted by atomic mass is 10.1. The number of para-hydroxylation sites is 1. The van der Waals surface area contributed by atoms with Gasteiger partial charge in [-0.3, -0.25) is 4.79 Å². The van der Waals surface area contributed by atoms with Gasteiger partial charge in [-0.15, -0.1) is 0 Å². The number of pyridine rings is 1. The number of nitriles is 1. The number of halogens is 2. The lowest BCUT2D eigenvalue weighted by Gasteiger charge is -2.10. The minimum atomic E-state index is -0.429. The molecule has 0 unspecified atom stereocenters. The van der Waals surface area contributed by atoms with Gasteiger partial charge in [-0.05, 0) is 48.4 Å². The van der Waals surface area contributed by atoms with Crippen molar-refractivity contribution in [2.24, 2.45) is 0 Å². The van der Waals surface area contributed by atoms with Crippen LogP contribution in [0.2, 0.25) is 10.0 Å². The van der Waals surface area contributed by atoms with Crippen LogP contribution in [0.25, 0.3) is 22.8 Å². The molecule has 4 rings (SSSR count). The molecule has 0 aliphatic carbocycles. The first-order valence-electron chi connectivity index (χ1n) is 9.25. The van der Waals surface area contributed by atoms with E-state index in [1.165, 1.54) is 17.0 Å². The molecule has 1 amide bonds. The van der Waals surface area contributed by atoms with Crippen LogP contribution in [-0.4, -0.2) is 20.7 Å². The van der Waals surface area contributed by atoms with Crippen molar-refractivity contribution < 1.29 is 4.79 Å². The number of carbonyl (C=O) groups is 1. The van der Waals surface area contributed by atoms with E-state index in [0.717, 1.165) is 16.5 Å². The molecule has 2 heterocycles. The molecule has 0 fully saturated rings. The molecule has 0 atom stereocenters. The third-order valence-electron chi connectivity index (χ3n) is 4.63. The number of hydrogen-bond acceptors (Lipinski definition) is 4. The highest BCUT2D eigenvalue weighted by Crippen LogP contribution is 2.25. The second kappa shape index (κ2) is 8.60. The molecule has 1 N–H and O–H groups in total. The number of hydrogen-bond donors (Lipinski definition) is 1. The number of anilines is 1. The molecule has 0 saturated carbocycles. The molecule has 31 heavy (non-hydrogen) atoms. The summed E-state index contributed by atoms with van der Waals surface area (Å²) in [5, 5.41) is 18.3. The summed E-state index contributed by atoms with van der Waals surface area (Å²) >= 11 is 11.9. The predicted molar refractivity (Wildman–Crippen MR) is 122 cm³/mol. The molecule has 2 aromatic heterocycles. The van der Waals surface area contributed by atoms with Crippen molar-refractivity contribution in [2.75, 3.05) is 5.32 Å². The smallest absolute Gasteiger partial charge is 0.249 e. The highest BCUT2D eigenvalue weighted by molar-refractivity contribution is 6.42. The van der Waals surface area contributed by atoms with E-state index in [-0.39, 0.29) is 11.4 Å². The first-order chi connectivity index (χ1) is 15.0. The van der Waals surface area contributed by atoms with Crippen LogP contribution in [0.15, 0.2) is 60.8 Å². The van der Waals surface area contributed by atoms with Gasteiger partial charge >= 0.3 is 0 Å². The molecule has 4 aromatic rings. The van der Waals surface area contributed by atoms with Crippen molar-refractivity contribution in [1.29, 1.82) is 5.26 Å². The molecule has 152 valence electrons. The van der Waals surface area contributed by atoms with E-state index in [2.05, 4.69) is 15.4 Å². The van der Waals surface area contributed by atoms with Crippen molar-refractivity contribution in [2.45, 2.75) is 6.92 Å². The van der Waals surface area contributed by atoms with Crippen LogP contribution in [-0.2, 0) is 4.79 Å². The summed E-state index contributed by atoms with van der Waals surface area (Å²) < 4.78 is 1.45. The van der Waals surface area contributed by atoms with E-state index in [1.54, 1.807) is 24.3 Å². The maximum Gasteiger partial charge on any atom is 0.249 e. The Labute approximate surface area is 188 Å². The maximum absolute atomic E-state index is 12.5. The van der Waals surface area contributed by atoms with Crippen LogP contribution in [0, 0.1) is 18.3 Å². The van der Waals surface area contributed by atoms with E-state index in [1.807, 2.05) is 43.3 Å². The van der Waals surface area contributed by atoms with Gasteiger partial charge < -0.3 is 5.32 Å². The SMILES string of the molecule is Cc1cc(-n2ncc(C#N)c2NC(=O)/C=C/c2ccc(Cl)c(Cl)c2)nc2ccccc12. The topological polar surface area (TPSA) is 83.6 Å². The third kappa shape index (κ3) is 4.29. The third-order valence-corrected chi connectivity index (χ3v) is 5.37. The summed E-state index contributed by atoms with van der Waals surface area (Å²) in [6.07, 6.45) is 4.34. The van der Waals surface area contributed by atoms with Crippen molar-refractivity contribution in [3.63, 3.8) is 0 Å². The normalized spacial score (nSPS) is 11.0. The molecule has 0 bridgehead atoms. The van der Waals surface area contributed by atoms with Crippen molar-refractivity contribution in [1.82, 2.24) is 14.8 Å². The Morgan fingerprint density at radius 2 is 1.97 bits per heavy atom. The fraction of sp³-hybridized carbons (Fsp3) is 0.0435. The molecular weight excluding hydrogens is 433 g/mol. The van der Waals surface area contributed by atoms with Crippen LogP contribution in [0.5, 0.6) is 0 Å². The van der Waals surface area contributed by atoms with Gasteiger partial charge in [0.25, 0.3) is 0 Å². The van der Waals surface area contributed by atoms with Crippen LogP contribution < -0.4 is 5.32 Å². The van der Waals surface area contributed by atoms with E-state index in [9.17, 15) is 10.1 Å². The Balaban J connectivity index is 1.66. The van der Waals surface area contributed by atoms with Crippen molar-refractivity contribution in [3.8, 4) is 11.9 Å². The van der Waals surface area contributed by atoms with Crippen molar-refractivity contribution >= 4 is 51.9 Å². The summed E-state index contributed by atoms with van der Waals surface area (Å²) in [5.74, 6) is 0.316. The van der Waals surface area contributed by atoms with Gasteiger partial charge in [-0.1, -0.05) is 47.5 Å². The Morgan fingerprint density at radius 3 is 2.74 bits per heavy atom. The minimum absolute atomic E-state index is 0.226. The van der Waals surface area contributed by atoms with E-state index in [0.29, 0.717) is 21.4 Å². The highest BCUT2D eigenvalue weighted by atomic mass is 35.5. The zero-order valence-corrected chi connectivity index (χ0v) is 17.8. The highest BCUT2D eigenvalue weighted by Gasteiger charge is 2.16. The van der Waals surface area contributed by atoms with E-state index >= 15 is 0 Å². The number of nitrogens with one attached hydrogen (secondary N) is 1. The van der Waals surface area contributed by atoms with Gasteiger partial charge in [0.05, 0.1) is 21.8 Å². The fourth-order valence-electron chi connectivity index (χ4n) is 3.11. The van der Waals surface area contributed by atoms with E-state index in [4.69, 9.17) is 23.2 Å². The second-order valence-electron chi connectivity index (χ2n) is 6.74. The fourth-order valence-corrected chi connectivity index (χ4v) is 3.42. The average Bonchev–Trinajstić information content (AvgIpc) is 3.17. The molecule has 8 heteroatoms. The Hall–Kier alpha value is -3.66. The number of nitrogens with zero attached hydrogens (tertiary/aromatic N) is 4. The molecule has 0 radical (unpaired) electrons. The molecule has 6 nitrogen and oxygen atoms in total. The summed E-state index contributed by atoms with van der Waals surface area (Å²) in [4.78, 5) is 17.2. The average molecular weight is 448 g/mol. The van der Waals surface area contributed by atoms with Gasteiger partial charge in [0.15, 0.2) is 11.6 Å². The molecule has 2 aromatic carbocycles. The molecular formula is C23H15Cl2N5O. The second-order valence-corrected chi connectivity index (χ2v) is 7.56. The molecule has 0 saturated heterocycles. The molecule has 0 spiro atoms. The monoisotopic (exact) mass is 447 g/mol. The zero-order valence-electron chi connectivity index (χ0n) is 16.3. The summed E-state index contributed by atoms with van der Waals surface area (Å²) in [5.41, 5.74) is 2.74. The summed E-state index contributed by atoms with van der Waals surface area (Å²) in [7, 11) is 0. The number of rotatable bonds is 4. The molecule has 0 aliphatic rings. The van der Waals surface area contributed by atoms with E-state index < -0.39 is 5.91 Å². The predicted octanol–water partition coefficient (Wildman–Crippen LogP) is 5.56. The first kappa shape index (κ1) is 20.6. The van der Waals surface area contributed by atoms with Crippen molar-refractivity contribution in [3.05, 3.63) is 87.5 Å². The Kier molecular flexibility index (Phi) is 5.72. The molecule has 0 aliphatic heterocycles. The van der Waals surface area contributed by atoms with Crippen LogP contribution in [0.3, 0.4) is 0 Å². The van der Waals surface area contributed by atoms with Crippen LogP contribution in [0.4, 0.5) is 5.82 Å². The Morgan fingerprint density at radius 1 is 1.16 bits per heavy atom. The number of amides is 1. The Bertz CT molecular complexity index is 1380. The summed E-state index contributed by atoms with van der Waals surface area (Å²) in [6, 6.07) is 16.7. The largest absolute Gasteiger partial charge is 0.306 e. The van der Waals surface area contributed by atoms with Crippen LogP contribution in [0.1, 0.15) is 16.7 Å². The summed E-state index contributed by atoms with van der Waals surface area (Å²) in [6.45, 7) is 1.97. The number of aromatic nitrogens is 3. The quantitative estimate of drug-likeness (QED) is 0.415. The zero-order chi connectivity index (χ0) is 22.0. The lowest BCUT2D eigenvalue weighted by molar-refractivity contribution is -0.111. The first-order valence-corrected chi connectivity index (χ1v) is 10.0. The number of aryl methyl sites for hydroxylation is 1. The number of fused-ring (bicyclic) bond motifs is 1. The van der Waals surface area contributed by atoms with Gasteiger partial charge in [-0.2, -0.15) is 15.0 Å². The maximum atomic E-state index is 12.5. The number of carbonyl (C=O) groups excluding carboxylic acids is 1. The van der Waals surface area contributed by atoms with Gasteiger partial charge in [0, 0.05) is 11.5 Å². The standard InChI is InChI=1S/C23H15Cl2N5O/c1-14-10-21(28-20-5-3-2-4-17(14)20)30-23(16(12-26)13-27-30)29-22(31)9-7-15-6-8-18(24)19(25)11-15/h2-11,13H,1H3,(H,29,31)/b9-7+. The minimum Gasteiger partial charge on any atom is -0.306 e. The van der Waals surface area contributed by atoms with Gasteiger partial charge in [-0.25, -0.2) is 4.98 Å². The van der Waals surface area contributed by atoms with Gasteiger partial charge in [0.1, 0.15) is 11.6 Å². The van der Waals surface area contributed by atoms with Crippen LogP contribution >= 0.6 is 23.2 Å². The number of benzene rings is 2. The van der Waals surface area contributed by atoms with Gasteiger partial charge in [0.2, 0.25) is 5.91 Å².